The van der Waals surface area contributed by atoms with Crippen LogP contribution in [0.25, 0.3) is 0 Å². The highest BCUT2D eigenvalue weighted by Gasteiger charge is 2.28. The summed E-state index contributed by atoms with van der Waals surface area (Å²) in [6.45, 7) is 0. The summed E-state index contributed by atoms with van der Waals surface area (Å²) in [7, 11) is 1.36. The zero-order chi connectivity index (χ0) is 12.4. The predicted octanol–water partition coefficient (Wildman–Crippen LogP) is 1.30. The summed E-state index contributed by atoms with van der Waals surface area (Å²) >= 11 is 0. The van der Waals surface area contributed by atoms with Crippen molar-refractivity contribution >= 4 is 11.7 Å². The van der Waals surface area contributed by atoms with Gasteiger partial charge in [-0.2, -0.15) is 0 Å². The molecule has 1 aliphatic rings. The van der Waals surface area contributed by atoms with Crippen LogP contribution in [0.4, 0.5) is 4.39 Å². The fourth-order valence-corrected chi connectivity index (χ4v) is 1.46. The highest BCUT2D eigenvalue weighted by molar-refractivity contribution is 6.43. The summed E-state index contributed by atoms with van der Waals surface area (Å²) in [4.78, 5) is 23.3. The van der Waals surface area contributed by atoms with E-state index in [1.54, 1.807) is 0 Å². The van der Waals surface area contributed by atoms with Gasteiger partial charge in [0.05, 0.1) is 12.7 Å². The largest absolute Gasteiger partial charge is 0.496 e. The molecular formula is C12H12FNO3. The van der Waals surface area contributed by atoms with Crippen molar-refractivity contribution in [3.63, 3.8) is 0 Å². The number of nitrogens with one attached hydrogen (secondary N) is 1. The number of methoxy groups -OCH3 is 1. The first-order chi connectivity index (χ1) is 8.11. The molecule has 0 saturated heterocycles. The maximum absolute atomic E-state index is 13.0. The first-order valence-corrected chi connectivity index (χ1v) is 5.30. The molecule has 0 radical (unpaired) electrons. The van der Waals surface area contributed by atoms with E-state index < -0.39 is 17.5 Å². The third-order valence-corrected chi connectivity index (χ3v) is 2.52. The van der Waals surface area contributed by atoms with Crippen LogP contribution < -0.4 is 10.1 Å². The highest BCUT2D eigenvalue weighted by atomic mass is 19.1. The molecule has 1 aromatic carbocycles. The highest BCUT2D eigenvalue weighted by Crippen LogP contribution is 2.22. The minimum atomic E-state index is -0.770. The van der Waals surface area contributed by atoms with Gasteiger partial charge in [0, 0.05) is 6.04 Å². The second-order valence-electron chi connectivity index (χ2n) is 3.92. The molecule has 0 bridgehead atoms. The Morgan fingerprint density at radius 2 is 2.12 bits per heavy atom. The van der Waals surface area contributed by atoms with Crippen molar-refractivity contribution in [2.75, 3.05) is 7.11 Å². The molecule has 0 unspecified atom stereocenters. The summed E-state index contributed by atoms with van der Waals surface area (Å²) in [5.41, 5.74) is -0.0503. The molecule has 0 aromatic heterocycles. The van der Waals surface area contributed by atoms with Gasteiger partial charge in [-0.05, 0) is 31.0 Å². The molecule has 1 aromatic rings. The number of benzene rings is 1. The summed E-state index contributed by atoms with van der Waals surface area (Å²) < 4.78 is 18.0. The topological polar surface area (TPSA) is 55.4 Å². The lowest BCUT2D eigenvalue weighted by Crippen LogP contribution is -2.32. The first kappa shape index (κ1) is 11.6. The molecule has 0 atom stereocenters. The monoisotopic (exact) mass is 237 g/mol. The second-order valence-corrected chi connectivity index (χ2v) is 3.92. The van der Waals surface area contributed by atoms with Crippen molar-refractivity contribution in [2.24, 2.45) is 0 Å². The Morgan fingerprint density at radius 3 is 2.71 bits per heavy atom. The molecule has 0 spiro atoms. The van der Waals surface area contributed by atoms with Crippen molar-refractivity contribution in [3.05, 3.63) is 29.6 Å². The quantitative estimate of drug-likeness (QED) is 0.634. The third kappa shape index (κ3) is 2.61. The zero-order valence-electron chi connectivity index (χ0n) is 9.33. The van der Waals surface area contributed by atoms with Crippen LogP contribution in [-0.4, -0.2) is 24.8 Å². The van der Waals surface area contributed by atoms with Gasteiger partial charge in [0.25, 0.3) is 11.7 Å². The van der Waals surface area contributed by atoms with E-state index in [0.717, 1.165) is 18.9 Å². The SMILES string of the molecule is COc1ccc(F)cc1C(=O)C(=O)NC1CC1. The van der Waals surface area contributed by atoms with Gasteiger partial charge in [0.1, 0.15) is 11.6 Å². The smallest absolute Gasteiger partial charge is 0.292 e. The van der Waals surface area contributed by atoms with E-state index in [1.807, 2.05) is 0 Å². The van der Waals surface area contributed by atoms with E-state index in [-0.39, 0.29) is 17.4 Å². The van der Waals surface area contributed by atoms with Crippen LogP contribution >= 0.6 is 0 Å². The van der Waals surface area contributed by atoms with Crippen LogP contribution in [0.1, 0.15) is 23.2 Å². The van der Waals surface area contributed by atoms with Crippen molar-refractivity contribution < 1.29 is 18.7 Å². The molecule has 90 valence electrons. The van der Waals surface area contributed by atoms with Gasteiger partial charge in [-0.3, -0.25) is 9.59 Å². The normalized spacial score (nSPS) is 14.2. The van der Waals surface area contributed by atoms with Gasteiger partial charge in [0.2, 0.25) is 0 Å². The zero-order valence-corrected chi connectivity index (χ0v) is 9.33. The molecular weight excluding hydrogens is 225 g/mol. The number of carbonyl (C=O) groups is 2. The second kappa shape index (κ2) is 4.53. The van der Waals surface area contributed by atoms with Gasteiger partial charge in [-0.25, -0.2) is 4.39 Å². The molecule has 1 amide bonds. The van der Waals surface area contributed by atoms with Gasteiger partial charge < -0.3 is 10.1 Å². The molecule has 1 saturated carbocycles. The van der Waals surface area contributed by atoms with E-state index in [4.69, 9.17) is 4.74 Å². The number of halogens is 1. The van der Waals surface area contributed by atoms with Crippen LogP contribution in [-0.2, 0) is 4.79 Å². The Labute approximate surface area is 97.8 Å². The Bertz CT molecular complexity index is 469. The minimum Gasteiger partial charge on any atom is -0.496 e. The number of hydrogen-bond acceptors (Lipinski definition) is 3. The lowest BCUT2D eigenvalue weighted by Gasteiger charge is -2.07. The summed E-state index contributed by atoms with van der Waals surface area (Å²) in [6, 6.07) is 3.60. The van der Waals surface area contributed by atoms with Gasteiger partial charge in [0.15, 0.2) is 0 Å². The molecule has 1 aliphatic carbocycles. The van der Waals surface area contributed by atoms with E-state index in [2.05, 4.69) is 5.32 Å². The molecule has 4 nitrogen and oxygen atoms in total. The molecule has 0 heterocycles. The average molecular weight is 237 g/mol. The van der Waals surface area contributed by atoms with E-state index >= 15 is 0 Å². The summed E-state index contributed by atoms with van der Waals surface area (Å²) in [5, 5.41) is 2.56. The molecule has 17 heavy (non-hydrogen) atoms. The Balaban J connectivity index is 2.21. The predicted molar refractivity (Wildman–Crippen MR) is 58.4 cm³/mol. The van der Waals surface area contributed by atoms with E-state index in [9.17, 15) is 14.0 Å². The van der Waals surface area contributed by atoms with Crippen molar-refractivity contribution in [1.29, 1.82) is 0 Å². The molecule has 0 aliphatic heterocycles. The molecule has 1 N–H and O–H groups in total. The number of carbonyl (C=O) groups excluding carboxylic acids is 2. The van der Waals surface area contributed by atoms with E-state index in [1.165, 1.54) is 19.2 Å². The van der Waals surface area contributed by atoms with Gasteiger partial charge in [-0.1, -0.05) is 0 Å². The number of ether oxygens (including phenoxy) is 1. The number of Topliss-reactive ketones (excluding diaryl/α,β-unsaturated/α-hetero) is 1. The standard InChI is InChI=1S/C12H12FNO3/c1-17-10-5-2-7(13)6-9(10)11(15)12(16)14-8-3-4-8/h2,5-6,8H,3-4H2,1H3,(H,14,16). The van der Waals surface area contributed by atoms with Crippen LogP contribution in [0.2, 0.25) is 0 Å². The lowest BCUT2D eigenvalue weighted by molar-refractivity contribution is -0.117. The summed E-state index contributed by atoms with van der Waals surface area (Å²) in [6.07, 6.45) is 1.78. The molecule has 5 heteroatoms. The van der Waals surface area contributed by atoms with Crippen molar-refractivity contribution in [2.45, 2.75) is 18.9 Å². The van der Waals surface area contributed by atoms with E-state index in [0.29, 0.717) is 0 Å². The molecule has 1 fully saturated rings. The minimum absolute atomic E-state index is 0.0503. The number of hydrogen-bond donors (Lipinski definition) is 1. The maximum atomic E-state index is 13.0. The van der Waals surface area contributed by atoms with Crippen LogP contribution in [0.3, 0.4) is 0 Å². The number of rotatable bonds is 4. The fraction of sp³-hybridized carbons (Fsp3) is 0.333. The maximum Gasteiger partial charge on any atom is 0.292 e. The average Bonchev–Trinajstić information content (AvgIpc) is 3.11. The Morgan fingerprint density at radius 1 is 1.41 bits per heavy atom. The number of ketones is 1. The molecule has 2 rings (SSSR count). The van der Waals surface area contributed by atoms with Crippen LogP contribution in [0.15, 0.2) is 18.2 Å². The lowest BCUT2D eigenvalue weighted by atomic mass is 10.1. The van der Waals surface area contributed by atoms with Crippen LogP contribution in [0, 0.1) is 5.82 Å². The van der Waals surface area contributed by atoms with Crippen molar-refractivity contribution in [1.82, 2.24) is 5.32 Å². The Hall–Kier alpha value is -1.91. The van der Waals surface area contributed by atoms with Crippen LogP contribution in [0.5, 0.6) is 5.75 Å². The third-order valence-electron chi connectivity index (χ3n) is 2.52. The van der Waals surface area contributed by atoms with Gasteiger partial charge in [-0.15, -0.1) is 0 Å². The van der Waals surface area contributed by atoms with Gasteiger partial charge >= 0.3 is 0 Å². The first-order valence-electron chi connectivity index (χ1n) is 5.30. The fourth-order valence-electron chi connectivity index (χ4n) is 1.46. The van der Waals surface area contributed by atoms with Crippen molar-refractivity contribution in [3.8, 4) is 5.75 Å². The number of amides is 1. The Kier molecular flexibility index (Phi) is 3.08. The summed E-state index contributed by atoms with van der Waals surface area (Å²) in [5.74, 6) is -1.86.